The average Bonchev–Trinajstić information content (AvgIpc) is 2.14. The molecule has 0 aliphatic heterocycles. The van der Waals surface area contributed by atoms with Crippen LogP contribution in [-0.2, 0) is 0 Å². The molecular formula is C13H22N2. The summed E-state index contributed by atoms with van der Waals surface area (Å²) in [6.07, 6.45) is 0. The fraction of sp³-hybridized carbons (Fsp3) is 0.538. The molecule has 0 atom stereocenters. The predicted molar refractivity (Wildman–Crippen MR) is 68.7 cm³/mol. The Labute approximate surface area is 93.3 Å². The van der Waals surface area contributed by atoms with Crippen LogP contribution in [0.3, 0.4) is 0 Å². The smallest absolute Gasteiger partial charge is 0.0381 e. The molecule has 0 saturated carbocycles. The standard InChI is InChI=1S/C13H22N2/c1-13(2,3)10-14-11-7-6-8-12(9-11)15(4)5/h6-9,14H,10H2,1-5H3. The van der Waals surface area contributed by atoms with E-state index in [1.54, 1.807) is 0 Å². The first-order chi connectivity index (χ1) is 6.88. The van der Waals surface area contributed by atoms with Gasteiger partial charge in [0.25, 0.3) is 0 Å². The number of anilines is 2. The Morgan fingerprint density at radius 1 is 1.20 bits per heavy atom. The first kappa shape index (κ1) is 11.9. The van der Waals surface area contributed by atoms with Crippen LogP contribution < -0.4 is 10.2 Å². The molecule has 0 aromatic heterocycles. The minimum atomic E-state index is 0.314. The molecule has 1 aromatic carbocycles. The van der Waals surface area contributed by atoms with Gasteiger partial charge in [0.1, 0.15) is 0 Å². The third-order valence-corrected chi connectivity index (χ3v) is 2.19. The van der Waals surface area contributed by atoms with Crippen LogP contribution >= 0.6 is 0 Å². The van der Waals surface area contributed by atoms with Gasteiger partial charge in [0.2, 0.25) is 0 Å². The van der Waals surface area contributed by atoms with Gasteiger partial charge in [-0.25, -0.2) is 0 Å². The maximum atomic E-state index is 3.45. The van der Waals surface area contributed by atoms with E-state index in [1.807, 2.05) is 0 Å². The van der Waals surface area contributed by atoms with Gasteiger partial charge in [0.15, 0.2) is 0 Å². The summed E-state index contributed by atoms with van der Waals surface area (Å²) in [6.45, 7) is 7.69. The quantitative estimate of drug-likeness (QED) is 0.817. The average molecular weight is 206 g/mol. The molecule has 0 aliphatic carbocycles. The minimum Gasteiger partial charge on any atom is -0.384 e. The lowest BCUT2D eigenvalue weighted by atomic mass is 9.97. The predicted octanol–water partition coefficient (Wildman–Crippen LogP) is 3.21. The van der Waals surface area contributed by atoms with Crippen LogP contribution in [0.1, 0.15) is 20.8 Å². The molecule has 15 heavy (non-hydrogen) atoms. The summed E-state index contributed by atoms with van der Waals surface area (Å²) < 4.78 is 0. The summed E-state index contributed by atoms with van der Waals surface area (Å²) >= 11 is 0. The van der Waals surface area contributed by atoms with E-state index in [9.17, 15) is 0 Å². The molecule has 84 valence electrons. The minimum absolute atomic E-state index is 0.314. The zero-order chi connectivity index (χ0) is 11.5. The molecule has 0 radical (unpaired) electrons. The Kier molecular flexibility index (Phi) is 3.61. The van der Waals surface area contributed by atoms with Crippen molar-refractivity contribution in [1.29, 1.82) is 0 Å². The molecule has 1 aromatic rings. The van der Waals surface area contributed by atoms with Crippen LogP contribution in [0.25, 0.3) is 0 Å². The Balaban J connectivity index is 2.66. The van der Waals surface area contributed by atoms with E-state index in [0.717, 1.165) is 6.54 Å². The topological polar surface area (TPSA) is 15.3 Å². The van der Waals surface area contributed by atoms with Crippen molar-refractivity contribution in [1.82, 2.24) is 0 Å². The fourth-order valence-corrected chi connectivity index (χ4v) is 1.26. The molecule has 0 fully saturated rings. The fourth-order valence-electron chi connectivity index (χ4n) is 1.26. The lowest BCUT2D eigenvalue weighted by Crippen LogP contribution is -2.19. The van der Waals surface area contributed by atoms with Crippen molar-refractivity contribution in [3.05, 3.63) is 24.3 Å². The first-order valence-corrected chi connectivity index (χ1v) is 5.40. The van der Waals surface area contributed by atoms with Gasteiger partial charge in [-0.3, -0.25) is 0 Å². The Morgan fingerprint density at radius 2 is 1.87 bits per heavy atom. The van der Waals surface area contributed by atoms with E-state index in [0.29, 0.717) is 5.41 Å². The van der Waals surface area contributed by atoms with Crippen LogP contribution in [0.4, 0.5) is 11.4 Å². The first-order valence-electron chi connectivity index (χ1n) is 5.40. The second-order valence-electron chi connectivity index (χ2n) is 5.36. The molecule has 0 saturated heterocycles. The lowest BCUT2D eigenvalue weighted by Gasteiger charge is -2.20. The third-order valence-electron chi connectivity index (χ3n) is 2.19. The summed E-state index contributed by atoms with van der Waals surface area (Å²) in [6, 6.07) is 8.48. The van der Waals surface area contributed by atoms with Crippen molar-refractivity contribution in [2.24, 2.45) is 5.41 Å². The van der Waals surface area contributed by atoms with Crippen LogP contribution in [0, 0.1) is 5.41 Å². The molecular weight excluding hydrogens is 184 g/mol. The molecule has 1 N–H and O–H groups in total. The number of hydrogen-bond acceptors (Lipinski definition) is 2. The van der Waals surface area contributed by atoms with Gasteiger partial charge in [-0.2, -0.15) is 0 Å². The lowest BCUT2D eigenvalue weighted by molar-refractivity contribution is 0.443. The van der Waals surface area contributed by atoms with Gasteiger partial charge in [-0.05, 0) is 23.6 Å². The van der Waals surface area contributed by atoms with Gasteiger partial charge < -0.3 is 10.2 Å². The maximum Gasteiger partial charge on any atom is 0.0381 e. The van der Waals surface area contributed by atoms with Gasteiger partial charge in [0, 0.05) is 32.0 Å². The summed E-state index contributed by atoms with van der Waals surface area (Å²) in [5, 5.41) is 3.45. The molecule has 2 heteroatoms. The molecule has 2 nitrogen and oxygen atoms in total. The molecule has 0 bridgehead atoms. The highest BCUT2D eigenvalue weighted by molar-refractivity contribution is 5.57. The van der Waals surface area contributed by atoms with E-state index in [2.05, 4.69) is 69.3 Å². The second-order valence-corrected chi connectivity index (χ2v) is 5.36. The Morgan fingerprint density at radius 3 is 2.40 bits per heavy atom. The van der Waals surface area contributed by atoms with E-state index in [4.69, 9.17) is 0 Å². The zero-order valence-corrected chi connectivity index (χ0v) is 10.5. The highest BCUT2D eigenvalue weighted by Gasteiger charge is 2.09. The van der Waals surface area contributed by atoms with Crippen LogP contribution in [0.15, 0.2) is 24.3 Å². The third kappa shape index (κ3) is 4.24. The van der Waals surface area contributed by atoms with E-state index < -0.39 is 0 Å². The highest BCUT2D eigenvalue weighted by Crippen LogP contribution is 2.19. The normalized spacial score (nSPS) is 11.3. The summed E-state index contributed by atoms with van der Waals surface area (Å²) in [5.74, 6) is 0. The molecule has 0 heterocycles. The van der Waals surface area contributed by atoms with Gasteiger partial charge in [-0.1, -0.05) is 26.8 Å². The highest BCUT2D eigenvalue weighted by atomic mass is 15.1. The number of benzene rings is 1. The molecule has 0 amide bonds. The molecule has 0 aliphatic rings. The number of rotatable bonds is 3. The summed E-state index contributed by atoms with van der Waals surface area (Å²) in [5.41, 5.74) is 2.73. The maximum absolute atomic E-state index is 3.45. The zero-order valence-electron chi connectivity index (χ0n) is 10.5. The van der Waals surface area contributed by atoms with Crippen molar-refractivity contribution >= 4 is 11.4 Å². The van der Waals surface area contributed by atoms with Crippen molar-refractivity contribution in [3.8, 4) is 0 Å². The number of hydrogen-bond donors (Lipinski definition) is 1. The number of nitrogens with one attached hydrogen (secondary N) is 1. The van der Waals surface area contributed by atoms with Crippen LogP contribution in [0.2, 0.25) is 0 Å². The summed E-state index contributed by atoms with van der Waals surface area (Å²) in [4.78, 5) is 2.11. The largest absolute Gasteiger partial charge is 0.384 e. The van der Waals surface area contributed by atoms with Crippen molar-refractivity contribution < 1.29 is 0 Å². The van der Waals surface area contributed by atoms with Crippen molar-refractivity contribution in [2.45, 2.75) is 20.8 Å². The Hall–Kier alpha value is -1.18. The summed E-state index contributed by atoms with van der Waals surface area (Å²) in [7, 11) is 4.12. The van der Waals surface area contributed by atoms with E-state index in [1.165, 1.54) is 11.4 Å². The van der Waals surface area contributed by atoms with Gasteiger partial charge in [-0.15, -0.1) is 0 Å². The molecule has 1 rings (SSSR count). The Bertz CT molecular complexity index is 311. The second kappa shape index (κ2) is 4.56. The van der Waals surface area contributed by atoms with E-state index in [-0.39, 0.29) is 0 Å². The van der Waals surface area contributed by atoms with Crippen molar-refractivity contribution in [2.75, 3.05) is 30.9 Å². The van der Waals surface area contributed by atoms with Crippen LogP contribution in [0.5, 0.6) is 0 Å². The van der Waals surface area contributed by atoms with E-state index >= 15 is 0 Å². The SMILES string of the molecule is CN(C)c1cccc(NCC(C)(C)C)c1. The number of nitrogens with zero attached hydrogens (tertiary/aromatic N) is 1. The molecule has 0 spiro atoms. The van der Waals surface area contributed by atoms with Gasteiger partial charge >= 0.3 is 0 Å². The van der Waals surface area contributed by atoms with Crippen LogP contribution in [-0.4, -0.2) is 20.6 Å². The monoisotopic (exact) mass is 206 g/mol. The van der Waals surface area contributed by atoms with Gasteiger partial charge in [0.05, 0.1) is 0 Å². The van der Waals surface area contributed by atoms with Crippen molar-refractivity contribution in [3.63, 3.8) is 0 Å². The molecule has 0 unspecified atom stereocenters.